The summed E-state index contributed by atoms with van der Waals surface area (Å²) in [6.45, 7) is 2.61. The molecule has 1 aliphatic carbocycles. The molecule has 0 saturated heterocycles. The highest BCUT2D eigenvalue weighted by atomic mass is 16.5. The van der Waals surface area contributed by atoms with Gasteiger partial charge in [-0.15, -0.1) is 0 Å². The fourth-order valence-corrected chi connectivity index (χ4v) is 3.35. The summed E-state index contributed by atoms with van der Waals surface area (Å²) in [5, 5.41) is 0.988. The summed E-state index contributed by atoms with van der Waals surface area (Å²) in [5.41, 5.74) is 1.82. The number of aromatic amines is 1. The monoisotopic (exact) mass is 285 g/mol. The molecule has 0 amide bonds. The zero-order chi connectivity index (χ0) is 14.7. The van der Waals surface area contributed by atoms with Crippen LogP contribution in [0.25, 0.3) is 10.9 Å². The Hall–Kier alpha value is -1.77. The minimum atomic E-state index is 0.266. The van der Waals surface area contributed by atoms with E-state index < -0.39 is 0 Å². The zero-order valence-corrected chi connectivity index (χ0v) is 12.7. The van der Waals surface area contributed by atoms with Gasteiger partial charge in [0.1, 0.15) is 5.75 Å². The average molecular weight is 285 g/mol. The lowest BCUT2D eigenvalue weighted by Gasteiger charge is -2.20. The summed E-state index contributed by atoms with van der Waals surface area (Å²) in [6.07, 6.45) is 8.84. The Morgan fingerprint density at radius 1 is 1.29 bits per heavy atom. The summed E-state index contributed by atoms with van der Waals surface area (Å²) in [7, 11) is 0. The molecule has 1 aliphatic rings. The van der Waals surface area contributed by atoms with Gasteiger partial charge in [0, 0.05) is 29.1 Å². The molecular weight excluding hydrogens is 262 g/mol. The van der Waals surface area contributed by atoms with Crippen molar-refractivity contribution in [2.45, 2.75) is 45.4 Å². The van der Waals surface area contributed by atoms with Gasteiger partial charge in [0.05, 0.1) is 6.61 Å². The van der Waals surface area contributed by atoms with Gasteiger partial charge in [-0.3, -0.25) is 4.79 Å². The molecule has 0 radical (unpaired) electrons. The van der Waals surface area contributed by atoms with Crippen LogP contribution in [0.15, 0.2) is 24.4 Å². The number of aromatic nitrogens is 1. The predicted molar refractivity (Wildman–Crippen MR) is 85.0 cm³/mol. The first-order valence-electron chi connectivity index (χ1n) is 8.05. The molecule has 112 valence electrons. The van der Waals surface area contributed by atoms with Crippen LogP contribution in [0.5, 0.6) is 5.75 Å². The van der Waals surface area contributed by atoms with Crippen molar-refractivity contribution in [3.05, 3.63) is 30.0 Å². The number of hydrogen-bond acceptors (Lipinski definition) is 2. The average Bonchev–Trinajstić information content (AvgIpc) is 2.92. The van der Waals surface area contributed by atoms with Crippen molar-refractivity contribution in [3.8, 4) is 5.75 Å². The number of hydrogen-bond donors (Lipinski definition) is 1. The van der Waals surface area contributed by atoms with E-state index in [1.807, 2.05) is 31.3 Å². The maximum Gasteiger partial charge on any atom is 0.165 e. The number of fused-ring (bicyclic) bond motifs is 1. The number of carbonyl (C=O) groups excluding carboxylic acids is 1. The maximum absolute atomic E-state index is 12.6. The number of rotatable bonds is 5. The van der Waals surface area contributed by atoms with E-state index in [-0.39, 0.29) is 5.78 Å². The second kappa shape index (κ2) is 6.33. The van der Waals surface area contributed by atoms with Gasteiger partial charge in [-0.1, -0.05) is 32.1 Å². The molecule has 1 N–H and O–H groups in total. The van der Waals surface area contributed by atoms with Gasteiger partial charge in [0.2, 0.25) is 0 Å². The molecule has 3 rings (SSSR count). The van der Waals surface area contributed by atoms with E-state index >= 15 is 0 Å². The third-order valence-electron chi connectivity index (χ3n) is 4.46. The van der Waals surface area contributed by atoms with Crippen LogP contribution in [0.1, 0.15) is 55.8 Å². The Balaban J connectivity index is 1.81. The molecule has 0 atom stereocenters. The number of ketones is 1. The van der Waals surface area contributed by atoms with Gasteiger partial charge in [-0.05, 0) is 31.0 Å². The molecular formula is C18H23NO2. The Labute approximate surface area is 125 Å². The van der Waals surface area contributed by atoms with E-state index in [0.29, 0.717) is 18.9 Å². The molecule has 1 heterocycles. The smallest absolute Gasteiger partial charge is 0.165 e. The first kappa shape index (κ1) is 14.2. The SMILES string of the molecule is CCOc1ccc2[nH]cc(C(=O)CC3CCCCC3)c2c1. The van der Waals surface area contributed by atoms with E-state index in [1.165, 1.54) is 32.1 Å². The molecule has 3 heteroatoms. The fourth-order valence-electron chi connectivity index (χ4n) is 3.35. The summed E-state index contributed by atoms with van der Waals surface area (Å²) in [6, 6.07) is 5.90. The zero-order valence-electron chi connectivity index (χ0n) is 12.7. The Bertz CT molecular complexity index is 623. The number of ether oxygens (including phenoxy) is 1. The molecule has 0 bridgehead atoms. The van der Waals surface area contributed by atoms with Gasteiger partial charge in [-0.25, -0.2) is 0 Å². The fraction of sp³-hybridized carbons (Fsp3) is 0.500. The third-order valence-corrected chi connectivity index (χ3v) is 4.46. The molecule has 1 aromatic carbocycles. The van der Waals surface area contributed by atoms with E-state index in [9.17, 15) is 4.79 Å². The second-order valence-corrected chi connectivity index (χ2v) is 5.97. The lowest BCUT2D eigenvalue weighted by Crippen LogP contribution is -2.12. The van der Waals surface area contributed by atoms with Gasteiger partial charge in [0.15, 0.2) is 5.78 Å². The number of carbonyl (C=O) groups is 1. The van der Waals surface area contributed by atoms with E-state index in [1.54, 1.807) is 0 Å². The topological polar surface area (TPSA) is 42.1 Å². The molecule has 0 unspecified atom stereocenters. The Kier molecular flexibility index (Phi) is 4.28. The molecule has 1 fully saturated rings. The molecule has 2 aromatic rings. The number of benzene rings is 1. The second-order valence-electron chi connectivity index (χ2n) is 5.97. The summed E-state index contributed by atoms with van der Waals surface area (Å²) >= 11 is 0. The van der Waals surface area contributed by atoms with Crippen LogP contribution in [-0.2, 0) is 0 Å². The molecule has 21 heavy (non-hydrogen) atoms. The van der Waals surface area contributed by atoms with Crippen molar-refractivity contribution in [2.75, 3.05) is 6.61 Å². The quantitative estimate of drug-likeness (QED) is 0.808. The molecule has 3 nitrogen and oxygen atoms in total. The van der Waals surface area contributed by atoms with Crippen LogP contribution in [0, 0.1) is 5.92 Å². The molecule has 0 spiro atoms. The molecule has 0 aliphatic heterocycles. The van der Waals surface area contributed by atoms with Crippen molar-refractivity contribution in [1.82, 2.24) is 4.98 Å². The van der Waals surface area contributed by atoms with Crippen molar-refractivity contribution < 1.29 is 9.53 Å². The van der Waals surface area contributed by atoms with Crippen LogP contribution in [-0.4, -0.2) is 17.4 Å². The van der Waals surface area contributed by atoms with Gasteiger partial charge >= 0.3 is 0 Å². The third kappa shape index (κ3) is 3.12. The summed E-state index contributed by atoms with van der Waals surface area (Å²) < 4.78 is 5.54. The Morgan fingerprint density at radius 3 is 2.86 bits per heavy atom. The van der Waals surface area contributed by atoms with Crippen molar-refractivity contribution in [1.29, 1.82) is 0 Å². The minimum absolute atomic E-state index is 0.266. The minimum Gasteiger partial charge on any atom is -0.494 e. The van der Waals surface area contributed by atoms with Crippen LogP contribution < -0.4 is 4.74 Å². The molecule has 1 saturated carbocycles. The predicted octanol–water partition coefficient (Wildman–Crippen LogP) is 4.72. The largest absolute Gasteiger partial charge is 0.494 e. The first-order chi connectivity index (χ1) is 10.3. The van der Waals surface area contributed by atoms with Crippen molar-refractivity contribution in [3.63, 3.8) is 0 Å². The van der Waals surface area contributed by atoms with Crippen LogP contribution in [0.2, 0.25) is 0 Å². The van der Waals surface area contributed by atoms with Crippen LogP contribution >= 0.6 is 0 Å². The summed E-state index contributed by atoms with van der Waals surface area (Å²) in [5.74, 6) is 1.67. The lowest BCUT2D eigenvalue weighted by atomic mass is 9.85. The number of Topliss-reactive ketones (excluding diaryl/α,β-unsaturated/α-hetero) is 1. The van der Waals surface area contributed by atoms with Gasteiger partial charge in [-0.2, -0.15) is 0 Å². The lowest BCUT2D eigenvalue weighted by molar-refractivity contribution is 0.0952. The van der Waals surface area contributed by atoms with Gasteiger partial charge in [0.25, 0.3) is 0 Å². The highest BCUT2D eigenvalue weighted by Crippen LogP contribution is 2.30. The van der Waals surface area contributed by atoms with E-state index in [2.05, 4.69) is 4.98 Å². The van der Waals surface area contributed by atoms with Crippen molar-refractivity contribution >= 4 is 16.7 Å². The Morgan fingerprint density at radius 2 is 2.10 bits per heavy atom. The van der Waals surface area contributed by atoms with E-state index in [4.69, 9.17) is 4.74 Å². The first-order valence-corrected chi connectivity index (χ1v) is 8.05. The highest BCUT2D eigenvalue weighted by Gasteiger charge is 2.20. The van der Waals surface area contributed by atoms with Crippen molar-refractivity contribution in [2.24, 2.45) is 5.92 Å². The summed E-state index contributed by atoms with van der Waals surface area (Å²) in [4.78, 5) is 15.8. The highest BCUT2D eigenvalue weighted by molar-refractivity contribution is 6.08. The molecule has 1 aromatic heterocycles. The number of H-pyrrole nitrogens is 1. The number of nitrogens with one attached hydrogen (secondary N) is 1. The van der Waals surface area contributed by atoms with E-state index in [0.717, 1.165) is 22.2 Å². The normalized spacial score (nSPS) is 16.2. The standard InChI is InChI=1S/C18H23NO2/c1-2-21-14-8-9-17-15(11-14)16(12-19-17)18(20)10-13-6-4-3-5-7-13/h8-9,11-13,19H,2-7,10H2,1H3. The van der Waals surface area contributed by atoms with Crippen LogP contribution in [0.3, 0.4) is 0 Å². The van der Waals surface area contributed by atoms with Gasteiger partial charge < -0.3 is 9.72 Å². The maximum atomic E-state index is 12.6. The van der Waals surface area contributed by atoms with Crippen LogP contribution in [0.4, 0.5) is 0 Å².